The molecular formula is C14H22O2S2. The highest BCUT2D eigenvalue weighted by Gasteiger charge is 2.15. The van der Waals surface area contributed by atoms with Gasteiger partial charge in [0, 0.05) is 44.3 Å². The molecule has 102 valence electrons. The predicted octanol–water partition coefficient (Wildman–Crippen LogP) is 3.12. The Kier molecular flexibility index (Phi) is 7.44. The highest BCUT2D eigenvalue weighted by molar-refractivity contribution is 7.85. The van der Waals surface area contributed by atoms with Crippen molar-refractivity contribution in [2.75, 3.05) is 12.5 Å². The molecule has 0 amide bonds. The average Bonchev–Trinajstić information content (AvgIpc) is 2.41. The number of rotatable bonds is 2. The van der Waals surface area contributed by atoms with Gasteiger partial charge in [0.1, 0.15) is 0 Å². The van der Waals surface area contributed by atoms with Crippen LogP contribution in [-0.2, 0) is 21.6 Å². The van der Waals surface area contributed by atoms with Gasteiger partial charge in [-0.1, -0.05) is 37.5 Å². The highest BCUT2D eigenvalue weighted by atomic mass is 32.2. The van der Waals surface area contributed by atoms with Gasteiger partial charge in [-0.2, -0.15) is 0 Å². The molecule has 1 aromatic rings. The van der Waals surface area contributed by atoms with Gasteiger partial charge in [0.25, 0.3) is 0 Å². The molecule has 2 unspecified atom stereocenters. The summed E-state index contributed by atoms with van der Waals surface area (Å²) in [5.74, 6) is 0. The van der Waals surface area contributed by atoms with Gasteiger partial charge in [-0.25, -0.2) is 0 Å². The standard InChI is InChI=1S/C7H14OS.C7H8OS/c2*1-9(8)7-5-3-2-4-6-7/h7H,2-6H2,1H3;2-6H,1H3. The van der Waals surface area contributed by atoms with Crippen LogP contribution in [0.1, 0.15) is 32.1 Å². The largest absolute Gasteiger partial charge is 0.260 e. The number of hydrogen-bond acceptors (Lipinski definition) is 2. The fourth-order valence-corrected chi connectivity index (χ4v) is 3.55. The third kappa shape index (κ3) is 5.91. The fourth-order valence-electron chi connectivity index (χ4n) is 2.01. The van der Waals surface area contributed by atoms with Crippen LogP contribution >= 0.6 is 0 Å². The van der Waals surface area contributed by atoms with Crippen LogP contribution in [0.15, 0.2) is 35.2 Å². The Balaban J connectivity index is 0.000000180. The summed E-state index contributed by atoms with van der Waals surface area (Å²) in [6.45, 7) is 0. The minimum Gasteiger partial charge on any atom is -0.260 e. The van der Waals surface area contributed by atoms with Gasteiger partial charge in [0.2, 0.25) is 0 Å². The molecule has 0 spiro atoms. The summed E-state index contributed by atoms with van der Waals surface area (Å²) in [5, 5.41) is 0.527. The molecule has 0 saturated heterocycles. The Hall–Kier alpha value is -0.480. The average molecular weight is 286 g/mol. The van der Waals surface area contributed by atoms with Gasteiger partial charge in [-0.05, 0) is 25.0 Å². The van der Waals surface area contributed by atoms with Gasteiger partial charge in [0.15, 0.2) is 0 Å². The maximum absolute atomic E-state index is 10.9. The van der Waals surface area contributed by atoms with Crippen LogP contribution in [0.3, 0.4) is 0 Å². The molecule has 0 bridgehead atoms. The van der Waals surface area contributed by atoms with E-state index in [1.165, 1.54) is 32.1 Å². The quantitative estimate of drug-likeness (QED) is 0.837. The van der Waals surface area contributed by atoms with Crippen molar-refractivity contribution < 1.29 is 8.42 Å². The maximum atomic E-state index is 10.9. The van der Waals surface area contributed by atoms with E-state index < -0.39 is 21.6 Å². The Morgan fingerprint density at radius 2 is 1.50 bits per heavy atom. The molecule has 0 aromatic heterocycles. The lowest BCUT2D eigenvalue weighted by Crippen LogP contribution is -2.16. The second kappa shape index (κ2) is 8.59. The molecule has 0 N–H and O–H groups in total. The lowest BCUT2D eigenvalue weighted by atomic mass is 10.0. The van der Waals surface area contributed by atoms with Crippen molar-refractivity contribution in [2.45, 2.75) is 42.2 Å². The molecular weight excluding hydrogens is 264 g/mol. The van der Waals surface area contributed by atoms with Crippen molar-refractivity contribution in [3.05, 3.63) is 30.3 Å². The number of hydrogen-bond donors (Lipinski definition) is 0. The molecule has 1 aliphatic rings. The molecule has 2 atom stereocenters. The molecule has 1 aliphatic carbocycles. The summed E-state index contributed by atoms with van der Waals surface area (Å²) in [6, 6.07) is 9.40. The molecule has 2 rings (SSSR count). The Labute approximate surface area is 115 Å². The molecule has 2 nitrogen and oxygen atoms in total. The zero-order valence-electron chi connectivity index (χ0n) is 11.1. The van der Waals surface area contributed by atoms with Crippen molar-refractivity contribution in [3.8, 4) is 0 Å². The SMILES string of the molecule is CS(=O)C1CCCCC1.CS(=O)c1ccccc1. The molecule has 1 saturated carbocycles. The van der Waals surface area contributed by atoms with Crippen molar-refractivity contribution in [1.29, 1.82) is 0 Å². The van der Waals surface area contributed by atoms with Crippen LogP contribution in [0.25, 0.3) is 0 Å². The van der Waals surface area contributed by atoms with E-state index in [9.17, 15) is 8.42 Å². The van der Waals surface area contributed by atoms with Crippen molar-refractivity contribution in [3.63, 3.8) is 0 Å². The zero-order chi connectivity index (χ0) is 13.4. The van der Waals surface area contributed by atoms with Crippen molar-refractivity contribution >= 4 is 21.6 Å². The normalized spacial score (nSPS) is 19.4. The summed E-state index contributed by atoms with van der Waals surface area (Å²) in [7, 11) is -1.38. The molecule has 0 aliphatic heterocycles. The minimum atomic E-state index is -0.829. The van der Waals surface area contributed by atoms with E-state index in [0.29, 0.717) is 5.25 Å². The highest BCUT2D eigenvalue weighted by Crippen LogP contribution is 2.20. The lowest BCUT2D eigenvalue weighted by Gasteiger charge is -2.18. The monoisotopic (exact) mass is 286 g/mol. The maximum Gasteiger partial charge on any atom is 0.0498 e. The van der Waals surface area contributed by atoms with Crippen LogP contribution in [-0.4, -0.2) is 26.2 Å². The van der Waals surface area contributed by atoms with E-state index in [1.807, 2.05) is 36.6 Å². The van der Waals surface area contributed by atoms with E-state index in [1.54, 1.807) is 6.26 Å². The van der Waals surface area contributed by atoms with Crippen molar-refractivity contribution in [2.24, 2.45) is 0 Å². The van der Waals surface area contributed by atoms with Gasteiger partial charge < -0.3 is 0 Å². The minimum absolute atomic E-state index is 0.527. The summed E-state index contributed by atoms with van der Waals surface area (Å²) in [6.07, 6.45) is 9.85. The Bertz CT molecular complexity index is 384. The number of benzene rings is 1. The van der Waals surface area contributed by atoms with E-state index in [2.05, 4.69) is 0 Å². The molecule has 0 heterocycles. The van der Waals surface area contributed by atoms with E-state index >= 15 is 0 Å². The van der Waals surface area contributed by atoms with Gasteiger partial charge >= 0.3 is 0 Å². The second-order valence-corrected chi connectivity index (χ2v) is 7.57. The van der Waals surface area contributed by atoms with Crippen molar-refractivity contribution in [1.82, 2.24) is 0 Å². The Morgan fingerprint density at radius 1 is 0.944 bits per heavy atom. The molecule has 1 aromatic carbocycles. The van der Waals surface area contributed by atoms with E-state index in [4.69, 9.17) is 0 Å². The third-order valence-electron chi connectivity index (χ3n) is 3.10. The molecule has 0 radical (unpaired) electrons. The van der Waals surface area contributed by atoms with E-state index in [-0.39, 0.29) is 0 Å². The first-order valence-corrected chi connectivity index (χ1v) is 9.50. The fraction of sp³-hybridized carbons (Fsp3) is 0.571. The smallest absolute Gasteiger partial charge is 0.0498 e. The first-order valence-electron chi connectivity index (χ1n) is 6.32. The lowest BCUT2D eigenvalue weighted by molar-refractivity contribution is 0.506. The van der Waals surface area contributed by atoms with Crippen LogP contribution in [0.4, 0.5) is 0 Å². The third-order valence-corrected chi connectivity index (χ3v) is 5.44. The van der Waals surface area contributed by atoms with E-state index in [0.717, 1.165) is 4.90 Å². The van der Waals surface area contributed by atoms with Crippen LogP contribution < -0.4 is 0 Å². The second-order valence-electron chi connectivity index (χ2n) is 4.53. The van der Waals surface area contributed by atoms with Gasteiger partial charge in [0.05, 0.1) is 0 Å². The van der Waals surface area contributed by atoms with Gasteiger partial charge in [-0.3, -0.25) is 8.42 Å². The topological polar surface area (TPSA) is 34.1 Å². The van der Waals surface area contributed by atoms with Crippen LogP contribution in [0.5, 0.6) is 0 Å². The molecule has 4 heteroatoms. The summed E-state index contributed by atoms with van der Waals surface area (Å²) in [5.41, 5.74) is 0. The van der Waals surface area contributed by atoms with Crippen LogP contribution in [0, 0.1) is 0 Å². The Morgan fingerprint density at radius 3 is 1.83 bits per heavy atom. The summed E-state index contributed by atoms with van der Waals surface area (Å²) >= 11 is 0. The predicted molar refractivity (Wildman–Crippen MR) is 79.7 cm³/mol. The van der Waals surface area contributed by atoms with Crippen LogP contribution in [0.2, 0.25) is 0 Å². The molecule has 1 fully saturated rings. The summed E-state index contributed by atoms with van der Waals surface area (Å²) < 4.78 is 21.7. The first kappa shape index (κ1) is 15.6. The summed E-state index contributed by atoms with van der Waals surface area (Å²) in [4.78, 5) is 0.887. The first-order chi connectivity index (χ1) is 8.61. The molecule has 18 heavy (non-hydrogen) atoms. The van der Waals surface area contributed by atoms with Gasteiger partial charge in [-0.15, -0.1) is 0 Å². The zero-order valence-corrected chi connectivity index (χ0v) is 12.8.